The number of nitrogens with zero attached hydrogens (tertiary/aromatic N) is 1. The van der Waals surface area contributed by atoms with Crippen LogP contribution in [0, 0.1) is 0 Å². The molecule has 2 heterocycles. The Balaban J connectivity index is 1.84. The number of aromatic amines is 1. The van der Waals surface area contributed by atoms with Crippen LogP contribution >= 0.6 is 0 Å². The maximum Gasteiger partial charge on any atom is 0.330 e. The van der Waals surface area contributed by atoms with Gasteiger partial charge in [-0.1, -0.05) is 19.3 Å². The maximum atomic E-state index is 12.1. The first kappa shape index (κ1) is 22.8. The smallest absolute Gasteiger partial charge is 0.330 e. The van der Waals surface area contributed by atoms with Crippen LogP contribution in [0.4, 0.5) is 0 Å². The Kier molecular flexibility index (Phi) is 8.55. The van der Waals surface area contributed by atoms with E-state index in [0.29, 0.717) is 12.8 Å². The third-order valence-corrected chi connectivity index (χ3v) is 4.65. The van der Waals surface area contributed by atoms with Crippen molar-refractivity contribution in [3.05, 3.63) is 33.1 Å². The number of aliphatic carboxylic acids is 1. The molecule has 0 spiro atoms. The number of hydrogen-bond acceptors (Lipinski definition) is 8. The summed E-state index contributed by atoms with van der Waals surface area (Å²) in [5, 5.41) is 28.5. The molecular formula is C18H26N2O9. The highest BCUT2D eigenvalue weighted by atomic mass is 16.6. The molecule has 4 N–H and O–H groups in total. The molecule has 1 aromatic rings. The summed E-state index contributed by atoms with van der Waals surface area (Å²) >= 11 is 0. The van der Waals surface area contributed by atoms with E-state index in [1.165, 1.54) is 0 Å². The van der Waals surface area contributed by atoms with Crippen LogP contribution in [-0.2, 0) is 19.1 Å². The van der Waals surface area contributed by atoms with Crippen LogP contribution in [0.2, 0.25) is 0 Å². The summed E-state index contributed by atoms with van der Waals surface area (Å²) in [6, 6.07) is 1.08. The number of ether oxygens (including phenoxy) is 2. The number of aromatic nitrogens is 2. The lowest BCUT2D eigenvalue weighted by atomic mass is 10.1. The largest absolute Gasteiger partial charge is 0.481 e. The molecule has 29 heavy (non-hydrogen) atoms. The van der Waals surface area contributed by atoms with E-state index in [0.717, 1.165) is 36.1 Å². The fourth-order valence-corrected chi connectivity index (χ4v) is 3.16. The molecule has 0 radical (unpaired) electrons. The van der Waals surface area contributed by atoms with Gasteiger partial charge in [-0.2, -0.15) is 0 Å². The monoisotopic (exact) mass is 414 g/mol. The number of carbonyl (C=O) groups excluding carboxylic acids is 1. The quantitative estimate of drug-likeness (QED) is 0.276. The molecule has 1 aromatic heterocycles. The second-order valence-electron chi connectivity index (χ2n) is 6.87. The number of aliphatic hydroxyl groups is 2. The summed E-state index contributed by atoms with van der Waals surface area (Å²) in [5.41, 5.74) is -1.41. The summed E-state index contributed by atoms with van der Waals surface area (Å²) in [4.78, 5) is 47.6. The third kappa shape index (κ3) is 6.51. The number of carbonyl (C=O) groups is 2. The first-order valence-electron chi connectivity index (χ1n) is 9.50. The molecule has 11 heteroatoms. The van der Waals surface area contributed by atoms with E-state index in [1.54, 1.807) is 0 Å². The molecular weight excluding hydrogens is 388 g/mol. The lowest BCUT2D eigenvalue weighted by Gasteiger charge is -2.20. The van der Waals surface area contributed by atoms with E-state index in [4.69, 9.17) is 14.6 Å². The molecule has 1 aliphatic heterocycles. The second-order valence-corrected chi connectivity index (χ2v) is 6.87. The number of rotatable bonds is 11. The number of hydrogen-bond donors (Lipinski definition) is 4. The van der Waals surface area contributed by atoms with Crippen LogP contribution < -0.4 is 11.2 Å². The van der Waals surface area contributed by atoms with Crippen LogP contribution in [0.1, 0.15) is 51.2 Å². The zero-order valence-electron chi connectivity index (χ0n) is 15.9. The van der Waals surface area contributed by atoms with Crippen LogP contribution in [0.5, 0.6) is 0 Å². The first-order valence-corrected chi connectivity index (χ1v) is 9.50. The molecule has 0 amide bonds. The minimum absolute atomic E-state index is 0.101. The number of carboxylic acid groups (broad SMARTS) is 1. The van der Waals surface area contributed by atoms with E-state index < -0.39 is 54.3 Å². The maximum absolute atomic E-state index is 12.1. The molecule has 0 aromatic carbocycles. The summed E-state index contributed by atoms with van der Waals surface area (Å²) in [7, 11) is 0. The molecule has 2 rings (SSSR count). The summed E-state index contributed by atoms with van der Waals surface area (Å²) < 4.78 is 11.7. The van der Waals surface area contributed by atoms with Crippen LogP contribution in [-0.4, -0.2) is 61.7 Å². The van der Waals surface area contributed by atoms with Crippen LogP contribution in [0.3, 0.4) is 0 Å². The SMILES string of the molecule is O=C(O)CCCCCCCC(=O)O[C@H]1[C@@H](O)[C@H](n2ccc(=O)[nH]c2=O)O[C@@H]1CO. The number of carboxylic acids is 1. The number of H-pyrrole nitrogens is 1. The number of esters is 1. The average molecular weight is 414 g/mol. The van der Waals surface area contributed by atoms with Gasteiger partial charge in [-0.05, 0) is 12.8 Å². The fraction of sp³-hybridized carbons (Fsp3) is 0.667. The topological polar surface area (TPSA) is 168 Å². The van der Waals surface area contributed by atoms with Crippen molar-refractivity contribution < 1.29 is 34.4 Å². The fourth-order valence-electron chi connectivity index (χ4n) is 3.16. The predicted molar refractivity (Wildman–Crippen MR) is 98.2 cm³/mol. The van der Waals surface area contributed by atoms with Crippen molar-refractivity contribution in [2.45, 2.75) is 69.5 Å². The highest BCUT2D eigenvalue weighted by Gasteiger charge is 2.47. The van der Waals surface area contributed by atoms with Gasteiger partial charge < -0.3 is 24.8 Å². The zero-order valence-corrected chi connectivity index (χ0v) is 15.9. The van der Waals surface area contributed by atoms with Crippen LogP contribution in [0.15, 0.2) is 21.9 Å². The molecule has 11 nitrogen and oxygen atoms in total. The van der Waals surface area contributed by atoms with Crippen molar-refractivity contribution in [1.29, 1.82) is 0 Å². The van der Waals surface area contributed by atoms with Gasteiger partial charge in [0.05, 0.1) is 6.61 Å². The zero-order chi connectivity index (χ0) is 21.4. The summed E-state index contributed by atoms with van der Waals surface area (Å²) in [5.74, 6) is -1.40. The van der Waals surface area contributed by atoms with Crippen molar-refractivity contribution in [1.82, 2.24) is 9.55 Å². The predicted octanol–water partition coefficient (Wildman–Crippen LogP) is -0.486. The Bertz CT molecular complexity index is 803. The van der Waals surface area contributed by atoms with Gasteiger partial charge in [-0.15, -0.1) is 0 Å². The van der Waals surface area contributed by atoms with Crippen molar-refractivity contribution in [2.24, 2.45) is 0 Å². The Labute approximate surface area is 165 Å². The Hall–Kier alpha value is -2.50. The summed E-state index contributed by atoms with van der Waals surface area (Å²) in [6.07, 6.45) is 0.00467. The van der Waals surface area contributed by atoms with E-state index >= 15 is 0 Å². The molecule has 0 aliphatic carbocycles. The molecule has 0 unspecified atom stereocenters. The number of aliphatic hydroxyl groups excluding tert-OH is 2. The van der Waals surface area contributed by atoms with Gasteiger partial charge in [0.15, 0.2) is 12.3 Å². The Morgan fingerprint density at radius 1 is 1.14 bits per heavy atom. The Morgan fingerprint density at radius 2 is 1.79 bits per heavy atom. The molecule has 0 saturated carbocycles. The normalized spacial score (nSPS) is 23.8. The van der Waals surface area contributed by atoms with Crippen molar-refractivity contribution >= 4 is 11.9 Å². The highest BCUT2D eigenvalue weighted by molar-refractivity contribution is 5.69. The lowest BCUT2D eigenvalue weighted by Crippen LogP contribution is -2.40. The molecule has 1 aliphatic rings. The molecule has 0 bridgehead atoms. The minimum atomic E-state index is -1.41. The van der Waals surface area contributed by atoms with E-state index in [1.807, 2.05) is 4.98 Å². The van der Waals surface area contributed by atoms with Gasteiger partial charge in [0.25, 0.3) is 5.56 Å². The number of unbranched alkanes of at least 4 members (excludes halogenated alkanes) is 4. The van der Waals surface area contributed by atoms with E-state index in [-0.39, 0.29) is 12.8 Å². The Morgan fingerprint density at radius 3 is 2.41 bits per heavy atom. The standard InChI is InChI=1S/C18H26N2O9/c21-10-11-16(29-14(25)7-5-3-1-2-4-6-13(23)24)15(26)17(28-11)20-9-8-12(22)19-18(20)27/h8-9,11,15-17,21,26H,1-7,10H2,(H,23,24)(H,19,22,27)/t11-,15-,16-,17-/m1/s1. The average Bonchev–Trinajstić information content (AvgIpc) is 2.96. The van der Waals surface area contributed by atoms with Crippen molar-refractivity contribution in [3.8, 4) is 0 Å². The van der Waals surface area contributed by atoms with E-state index in [2.05, 4.69) is 0 Å². The van der Waals surface area contributed by atoms with Gasteiger partial charge in [0, 0.05) is 25.1 Å². The third-order valence-electron chi connectivity index (χ3n) is 4.65. The van der Waals surface area contributed by atoms with Gasteiger partial charge in [0.2, 0.25) is 0 Å². The molecule has 1 fully saturated rings. The lowest BCUT2D eigenvalue weighted by molar-refractivity contribution is -0.156. The van der Waals surface area contributed by atoms with Gasteiger partial charge >= 0.3 is 17.6 Å². The van der Waals surface area contributed by atoms with Crippen molar-refractivity contribution in [3.63, 3.8) is 0 Å². The first-order chi connectivity index (χ1) is 13.8. The second kappa shape index (κ2) is 10.9. The van der Waals surface area contributed by atoms with Gasteiger partial charge in [-0.25, -0.2) is 4.79 Å². The van der Waals surface area contributed by atoms with Crippen LogP contribution in [0.25, 0.3) is 0 Å². The highest BCUT2D eigenvalue weighted by Crippen LogP contribution is 2.30. The molecule has 162 valence electrons. The van der Waals surface area contributed by atoms with E-state index in [9.17, 15) is 29.4 Å². The summed E-state index contributed by atoms with van der Waals surface area (Å²) in [6.45, 7) is -0.535. The van der Waals surface area contributed by atoms with Crippen molar-refractivity contribution in [2.75, 3.05) is 6.61 Å². The minimum Gasteiger partial charge on any atom is -0.481 e. The molecule has 4 atom stereocenters. The molecule has 1 saturated heterocycles. The van der Waals surface area contributed by atoms with Gasteiger partial charge in [-0.3, -0.25) is 23.9 Å². The number of nitrogens with one attached hydrogen (secondary N) is 1. The van der Waals surface area contributed by atoms with Gasteiger partial charge in [0.1, 0.15) is 12.2 Å².